The molecule has 0 saturated carbocycles. The van der Waals surface area contributed by atoms with Crippen molar-refractivity contribution < 1.29 is 0 Å². The summed E-state index contributed by atoms with van der Waals surface area (Å²) < 4.78 is 0.947. The van der Waals surface area contributed by atoms with Crippen LogP contribution in [0, 0.1) is 0 Å². The van der Waals surface area contributed by atoms with E-state index in [2.05, 4.69) is 9.97 Å². The molecule has 2 rings (SSSR count). The Balaban J connectivity index is 3.01. The number of nitrogens with two attached hydrogens (primary N) is 1. The number of hydrogen-bond acceptors (Lipinski definition) is 4. The molecule has 5 heteroatoms. The van der Waals surface area contributed by atoms with Crippen LogP contribution in [0.2, 0.25) is 0 Å². The predicted octanol–water partition coefficient (Wildman–Crippen LogP) is -0.495. The van der Waals surface area contributed by atoms with Gasteiger partial charge in [-0.1, -0.05) is 0 Å². The quantitative estimate of drug-likeness (QED) is 0.530. The van der Waals surface area contributed by atoms with Gasteiger partial charge in [-0.2, -0.15) is 0 Å². The second-order valence-corrected chi connectivity index (χ2v) is 2.35. The second-order valence-electron chi connectivity index (χ2n) is 2.35. The SMILES string of the molecule is Nn1cnc2cnccc2c1=O. The van der Waals surface area contributed by atoms with Gasteiger partial charge in [0, 0.05) is 6.20 Å². The third-order valence-electron chi connectivity index (χ3n) is 1.59. The van der Waals surface area contributed by atoms with Gasteiger partial charge in [0.1, 0.15) is 6.33 Å². The van der Waals surface area contributed by atoms with Crippen LogP contribution in [0.3, 0.4) is 0 Å². The maximum atomic E-state index is 11.3. The maximum absolute atomic E-state index is 11.3. The summed E-state index contributed by atoms with van der Waals surface area (Å²) in [6.45, 7) is 0. The van der Waals surface area contributed by atoms with Crippen molar-refractivity contribution in [1.82, 2.24) is 14.6 Å². The summed E-state index contributed by atoms with van der Waals surface area (Å²) in [5.41, 5.74) is 0.298. The molecule has 2 N–H and O–H groups in total. The third-order valence-corrected chi connectivity index (χ3v) is 1.59. The molecule has 0 aliphatic heterocycles. The number of rotatable bonds is 0. The van der Waals surface area contributed by atoms with E-state index in [1.165, 1.54) is 18.7 Å². The zero-order valence-electron chi connectivity index (χ0n) is 6.14. The predicted molar refractivity (Wildman–Crippen MR) is 43.9 cm³/mol. The van der Waals surface area contributed by atoms with Gasteiger partial charge in [-0.05, 0) is 6.07 Å². The summed E-state index contributed by atoms with van der Waals surface area (Å²) in [5.74, 6) is 5.31. The highest BCUT2D eigenvalue weighted by molar-refractivity contribution is 5.75. The van der Waals surface area contributed by atoms with E-state index < -0.39 is 0 Å². The monoisotopic (exact) mass is 162 g/mol. The highest BCUT2D eigenvalue weighted by Crippen LogP contribution is 2.00. The topological polar surface area (TPSA) is 73.8 Å². The van der Waals surface area contributed by atoms with Gasteiger partial charge >= 0.3 is 0 Å². The van der Waals surface area contributed by atoms with E-state index in [-0.39, 0.29) is 5.56 Å². The first-order chi connectivity index (χ1) is 5.79. The molecular weight excluding hydrogens is 156 g/mol. The van der Waals surface area contributed by atoms with Crippen LogP contribution < -0.4 is 11.4 Å². The van der Waals surface area contributed by atoms with Crippen molar-refractivity contribution in [2.45, 2.75) is 0 Å². The minimum Gasteiger partial charge on any atom is -0.335 e. The summed E-state index contributed by atoms with van der Waals surface area (Å²) in [5, 5.41) is 0.481. The van der Waals surface area contributed by atoms with Crippen LogP contribution in [0.25, 0.3) is 10.9 Å². The first-order valence-electron chi connectivity index (χ1n) is 3.35. The lowest BCUT2D eigenvalue weighted by molar-refractivity contribution is 0.912. The van der Waals surface area contributed by atoms with E-state index in [0.29, 0.717) is 10.9 Å². The van der Waals surface area contributed by atoms with Gasteiger partial charge in [-0.15, -0.1) is 0 Å². The number of fused-ring (bicyclic) bond motifs is 1. The van der Waals surface area contributed by atoms with Gasteiger partial charge in [0.05, 0.1) is 17.1 Å². The van der Waals surface area contributed by atoms with Gasteiger partial charge in [-0.25, -0.2) is 9.66 Å². The number of nitrogens with zero attached hydrogens (tertiary/aromatic N) is 3. The number of nitrogen functional groups attached to an aromatic ring is 1. The van der Waals surface area contributed by atoms with Crippen molar-refractivity contribution in [3.8, 4) is 0 Å². The molecule has 0 amide bonds. The van der Waals surface area contributed by atoms with Gasteiger partial charge < -0.3 is 5.84 Å². The first-order valence-corrected chi connectivity index (χ1v) is 3.35. The average Bonchev–Trinajstić information content (AvgIpc) is 2.12. The Morgan fingerprint density at radius 2 is 2.33 bits per heavy atom. The highest BCUT2D eigenvalue weighted by atomic mass is 16.1. The molecule has 2 aromatic heterocycles. The lowest BCUT2D eigenvalue weighted by atomic mass is 10.3. The fraction of sp³-hybridized carbons (Fsp3) is 0. The van der Waals surface area contributed by atoms with Crippen molar-refractivity contribution in [3.05, 3.63) is 35.1 Å². The fourth-order valence-electron chi connectivity index (χ4n) is 0.986. The normalized spacial score (nSPS) is 10.3. The van der Waals surface area contributed by atoms with Crippen LogP contribution in [0.15, 0.2) is 29.6 Å². The van der Waals surface area contributed by atoms with Crippen molar-refractivity contribution in [2.24, 2.45) is 0 Å². The fourth-order valence-corrected chi connectivity index (χ4v) is 0.986. The molecule has 0 spiro atoms. The first kappa shape index (κ1) is 6.78. The van der Waals surface area contributed by atoms with Crippen molar-refractivity contribution in [1.29, 1.82) is 0 Å². The van der Waals surface area contributed by atoms with Gasteiger partial charge in [-0.3, -0.25) is 9.78 Å². The van der Waals surface area contributed by atoms with E-state index >= 15 is 0 Å². The Morgan fingerprint density at radius 1 is 1.50 bits per heavy atom. The lowest BCUT2D eigenvalue weighted by Gasteiger charge is -1.97. The zero-order chi connectivity index (χ0) is 8.55. The van der Waals surface area contributed by atoms with Gasteiger partial charge in [0.2, 0.25) is 0 Å². The molecule has 0 aromatic carbocycles. The minimum absolute atomic E-state index is 0.262. The number of hydrogen-bond donors (Lipinski definition) is 1. The lowest BCUT2D eigenvalue weighted by Crippen LogP contribution is -2.27. The molecule has 0 bridgehead atoms. The number of aromatic nitrogens is 3. The largest absolute Gasteiger partial charge is 0.335 e. The Kier molecular flexibility index (Phi) is 1.30. The summed E-state index contributed by atoms with van der Waals surface area (Å²) in [7, 11) is 0. The van der Waals surface area contributed by atoms with E-state index in [4.69, 9.17) is 5.84 Å². The van der Waals surface area contributed by atoms with Crippen LogP contribution in [-0.2, 0) is 0 Å². The number of pyridine rings is 1. The Labute approximate surface area is 67.5 Å². The molecule has 60 valence electrons. The van der Waals surface area contributed by atoms with Crippen LogP contribution in [-0.4, -0.2) is 14.6 Å². The Hall–Kier alpha value is -1.91. The zero-order valence-corrected chi connectivity index (χ0v) is 6.14. The summed E-state index contributed by atoms with van der Waals surface area (Å²) in [6.07, 6.45) is 4.33. The molecule has 0 unspecified atom stereocenters. The third kappa shape index (κ3) is 0.833. The molecule has 12 heavy (non-hydrogen) atoms. The summed E-state index contributed by atoms with van der Waals surface area (Å²) in [4.78, 5) is 19.0. The summed E-state index contributed by atoms with van der Waals surface area (Å²) in [6, 6.07) is 1.59. The van der Waals surface area contributed by atoms with Crippen LogP contribution in [0.5, 0.6) is 0 Å². The molecule has 0 fully saturated rings. The van der Waals surface area contributed by atoms with Crippen molar-refractivity contribution in [2.75, 3.05) is 5.84 Å². The van der Waals surface area contributed by atoms with E-state index in [9.17, 15) is 4.79 Å². The Bertz CT molecular complexity index is 476. The molecule has 2 heterocycles. The van der Waals surface area contributed by atoms with Crippen LogP contribution >= 0.6 is 0 Å². The molecule has 0 aliphatic rings. The van der Waals surface area contributed by atoms with Gasteiger partial charge in [0.25, 0.3) is 5.56 Å². The van der Waals surface area contributed by atoms with Crippen LogP contribution in [0.4, 0.5) is 0 Å². The second kappa shape index (κ2) is 2.30. The van der Waals surface area contributed by atoms with Crippen LogP contribution in [0.1, 0.15) is 0 Å². The highest BCUT2D eigenvalue weighted by Gasteiger charge is 1.99. The molecule has 5 nitrogen and oxygen atoms in total. The maximum Gasteiger partial charge on any atom is 0.279 e. The molecule has 0 aliphatic carbocycles. The van der Waals surface area contributed by atoms with Crippen molar-refractivity contribution in [3.63, 3.8) is 0 Å². The summed E-state index contributed by atoms with van der Waals surface area (Å²) >= 11 is 0. The minimum atomic E-state index is -0.262. The smallest absolute Gasteiger partial charge is 0.279 e. The molecule has 0 saturated heterocycles. The van der Waals surface area contributed by atoms with E-state index in [1.807, 2.05) is 0 Å². The molecule has 0 radical (unpaired) electrons. The average molecular weight is 162 g/mol. The van der Waals surface area contributed by atoms with Gasteiger partial charge in [0.15, 0.2) is 0 Å². The van der Waals surface area contributed by atoms with E-state index in [0.717, 1.165) is 4.68 Å². The Morgan fingerprint density at radius 3 is 3.17 bits per heavy atom. The van der Waals surface area contributed by atoms with E-state index in [1.54, 1.807) is 6.07 Å². The van der Waals surface area contributed by atoms with Crippen molar-refractivity contribution >= 4 is 10.9 Å². The standard InChI is InChI=1S/C7H6N4O/c8-11-4-10-6-3-9-2-1-5(6)7(11)12/h1-4H,8H2. The molecule has 2 aromatic rings. The molecular formula is C7H6N4O. The molecule has 0 atom stereocenters.